The van der Waals surface area contributed by atoms with Crippen molar-refractivity contribution in [2.75, 3.05) is 30.7 Å². The lowest BCUT2D eigenvalue weighted by Crippen LogP contribution is -2.39. The van der Waals surface area contributed by atoms with Gasteiger partial charge in [-0.15, -0.1) is 0 Å². The van der Waals surface area contributed by atoms with Crippen molar-refractivity contribution in [3.8, 4) is 0 Å². The highest BCUT2D eigenvalue weighted by atomic mass is 79.9. The summed E-state index contributed by atoms with van der Waals surface area (Å²) >= 11 is 3.42. The van der Waals surface area contributed by atoms with E-state index in [0.717, 1.165) is 36.2 Å². The molecule has 3 N–H and O–H groups in total. The highest BCUT2D eigenvalue weighted by Crippen LogP contribution is 2.26. The fourth-order valence-electron chi connectivity index (χ4n) is 2.29. The Hall–Kier alpha value is -0.880. The van der Waals surface area contributed by atoms with Crippen molar-refractivity contribution in [3.63, 3.8) is 0 Å². The molecule has 2 rings (SSSR count). The van der Waals surface area contributed by atoms with Crippen molar-refractivity contribution in [2.45, 2.75) is 32.2 Å². The van der Waals surface area contributed by atoms with Crippen molar-refractivity contribution in [1.29, 1.82) is 0 Å². The topological polar surface area (TPSA) is 67.1 Å². The minimum absolute atomic E-state index is 0.476. The fraction of sp³-hybridized carbons (Fsp3) is 0.667. The zero-order valence-electron chi connectivity index (χ0n) is 10.7. The maximum Gasteiger partial charge on any atom is 0.146 e. The van der Waals surface area contributed by atoms with Crippen LogP contribution in [0.3, 0.4) is 0 Å². The number of hydrogen-bond acceptors (Lipinski definition) is 5. The van der Waals surface area contributed by atoms with Crippen LogP contribution >= 0.6 is 15.9 Å². The zero-order valence-corrected chi connectivity index (χ0v) is 12.3. The van der Waals surface area contributed by atoms with E-state index in [-0.39, 0.29) is 0 Å². The van der Waals surface area contributed by atoms with Gasteiger partial charge in [-0.05, 0) is 41.7 Å². The molecule has 0 saturated carbocycles. The van der Waals surface area contributed by atoms with E-state index < -0.39 is 0 Å². The lowest BCUT2D eigenvalue weighted by Gasteiger charge is -2.32. The quantitative estimate of drug-likeness (QED) is 0.891. The molecule has 0 unspecified atom stereocenters. The minimum Gasteiger partial charge on any atom is -0.383 e. The molecule has 0 aromatic carbocycles. The molecule has 0 atom stereocenters. The van der Waals surface area contributed by atoms with Crippen LogP contribution in [-0.4, -0.2) is 40.5 Å². The molecule has 1 aliphatic rings. The van der Waals surface area contributed by atoms with Crippen molar-refractivity contribution in [2.24, 2.45) is 0 Å². The molecule has 18 heavy (non-hydrogen) atoms. The molecule has 0 aliphatic carbocycles. The Morgan fingerprint density at radius 3 is 2.83 bits per heavy atom. The third-order valence-electron chi connectivity index (χ3n) is 3.28. The van der Waals surface area contributed by atoms with Crippen LogP contribution in [0.2, 0.25) is 0 Å². The number of nitrogens with zero attached hydrogens (tertiary/aromatic N) is 3. The SMILES string of the molecule is CCCN1CCC(Nc2ncnc(N)c2Br)CC1. The number of nitrogens with two attached hydrogens (primary N) is 1. The Balaban J connectivity index is 1.90. The monoisotopic (exact) mass is 313 g/mol. The number of nitrogens with one attached hydrogen (secondary N) is 1. The van der Waals surface area contributed by atoms with Gasteiger partial charge in [-0.3, -0.25) is 0 Å². The second kappa shape index (κ2) is 6.33. The smallest absolute Gasteiger partial charge is 0.146 e. The zero-order chi connectivity index (χ0) is 13.0. The first-order chi connectivity index (χ1) is 8.70. The first-order valence-electron chi connectivity index (χ1n) is 6.45. The number of piperidine rings is 1. The molecule has 1 aromatic heterocycles. The molecule has 1 fully saturated rings. The third-order valence-corrected chi connectivity index (χ3v) is 4.07. The van der Waals surface area contributed by atoms with E-state index in [1.165, 1.54) is 19.3 Å². The van der Waals surface area contributed by atoms with Crippen molar-refractivity contribution in [1.82, 2.24) is 14.9 Å². The van der Waals surface area contributed by atoms with E-state index in [1.807, 2.05) is 0 Å². The largest absolute Gasteiger partial charge is 0.383 e. The lowest BCUT2D eigenvalue weighted by atomic mass is 10.0. The van der Waals surface area contributed by atoms with Crippen LogP contribution in [0.4, 0.5) is 11.6 Å². The summed E-state index contributed by atoms with van der Waals surface area (Å²) in [4.78, 5) is 10.7. The van der Waals surface area contributed by atoms with Gasteiger partial charge in [0, 0.05) is 19.1 Å². The van der Waals surface area contributed by atoms with Crippen LogP contribution in [0, 0.1) is 0 Å². The fourth-order valence-corrected chi connectivity index (χ4v) is 2.61. The van der Waals surface area contributed by atoms with E-state index in [4.69, 9.17) is 5.73 Å². The highest BCUT2D eigenvalue weighted by Gasteiger charge is 2.19. The highest BCUT2D eigenvalue weighted by molar-refractivity contribution is 9.10. The van der Waals surface area contributed by atoms with Gasteiger partial charge >= 0.3 is 0 Å². The molecule has 0 spiro atoms. The van der Waals surface area contributed by atoms with E-state index in [9.17, 15) is 0 Å². The van der Waals surface area contributed by atoms with Gasteiger partial charge in [0.25, 0.3) is 0 Å². The number of likely N-dealkylation sites (tertiary alicyclic amines) is 1. The summed E-state index contributed by atoms with van der Waals surface area (Å²) < 4.78 is 0.765. The van der Waals surface area contributed by atoms with Crippen LogP contribution in [-0.2, 0) is 0 Å². The summed E-state index contributed by atoms with van der Waals surface area (Å²) in [5.74, 6) is 1.28. The van der Waals surface area contributed by atoms with Crippen LogP contribution in [0.25, 0.3) is 0 Å². The number of anilines is 2. The van der Waals surface area contributed by atoms with Gasteiger partial charge in [0.05, 0.1) is 0 Å². The second-order valence-corrected chi connectivity index (χ2v) is 5.47. The maximum absolute atomic E-state index is 5.74. The molecule has 1 aromatic rings. The Morgan fingerprint density at radius 2 is 2.17 bits per heavy atom. The Labute approximate surface area is 116 Å². The first-order valence-corrected chi connectivity index (χ1v) is 7.25. The van der Waals surface area contributed by atoms with Gasteiger partial charge < -0.3 is 16.0 Å². The van der Waals surface area contributed by atoms with Gasteiger partial charge in [0.15, 0.2) is 0 Å². The molecule has 100 valence electrons. The molecule has 5 nitrogen and oxygen atoms in total. The van der Waals surface area contributed by atoms with Gasteiger partial charge in [-0.1, -0.05) is 6.92 Å². The van der Waals surface area contributed by atoms with Gasteiger partial charge in [0.1, 0.15) is 22.4 Å². The van der Waals surface area contributed by atoms with Crippen molar-refractivity contribution in [3.05, 3.63) is 10.8 Å². The van der Waals surface area contributed by atoms with Gasteiger partial charge in [-0.2, -0.15) is 0 Å². The second-order valence-electron chi connectivity index (χ2n) is 4.68. The van der Waals surface area contributed by atoms with Crippen LogP contribution < -0.4 is 11.1 Å². The van der Waals surface area contributed by atoms with E-state index >= 15 is 0 Å². The number of nitrogen functional groups attached to an aromatic ring is 1. The van der Waals surface area contributed by atoms with Gasteiger partial charge in [0.2, 0.25) is 0 Å². The summed E-state index contributed by atoms with van der Waals surface area (Å²) in [6.45, 7) is 5.75. The molecule has 0 radical (unpaired) electrons. The summed E-state index contributed by atoms with van der Waals surface area (Å²) in [6, 6.07) is 0.476. The molecule has 2 heterocycles. The Morgan fingerprint density at radius 1 is 1.44 bits per heavy atom. The average molecular weight is 314 g/mol. The third kappa shape index (κ3) is 3.32. The van der Waals surface area contributed by atoms with Crippen LogP contribution in [0.1, 0.15) is 26.2 Å². The predicted molar refractivity (Wildman–Crippen MR) is 77.5 cm³/mol. The molecule has 1 saturated heterocycles. The number of aromatic nitrogens is 2. The summed E-state index contributed by atoms with van der Waals surface area (Å²) in [5.41, 5.74) is 5.74. The predicted octanol–water partition coefficient (Wildman–Crippen LogP) is 2.11. The van der Waals surface area contributed by atoms with E-state index in [0.29, 0.717) is 11.9 Å². The van der Waals surface area contributed by atoms with E-state index in [1.54, 1.807) is 0 Å². The summed E-state index contributed by atoms with van der Waals surface area (Å²) in [7, 11) is 0. The van der Waals surface area contributed by atoms with Crippen molar-refractivity contribution >= 4 is 27.6 Å². The summed E-state index contributed by atoms with van der Waals surface area (Å²) in [5, 5.41) is 3.45. The molecule has 1 aliphatic heterocycles. The average Bonchev–Trinajstić information content (AvgIpc) is 2.38. The standard InChI is InChI=1S/C12H20BrN5/c1-2-5-18-6-3-9(4-7-18)17-12-10(13)11(14)15-8-16-12/h8-9H,2-7H2,1H3,(H3,14,15,16,17). The Bertz CT molecular complexity index is 390. The van der Waals surface area contributed by atoms with Gasteiger partial charge in [-0.25, -0.2) is 9.97 Å². The number of hydrogen-bond donors (Lipinski definition) is 2. The summed E-state index contributed by atoms with van der Waals surface area (Å²) in [6.07, 6.45) is 5.02. The number of halogens is 1. The van der Waals surface area contributed by atoms with Crippen LogP contribution in [0.15, 0.2) is 10.8 Å². The molecule has 0 amide bonds. The first kappa shape index (κ1) is 13.5. The van der Waals surface area contributed by atoms with Crippen molar-refractivity contribution < 1.29 is 0 Å². The normalized spacial score (nSPS) is 17.9. The minimum atomic E-state index is 0.476. The lowest BCUT2D eigenvalue weighted by molar-refractivity contribution is 0.219. The molecule has 0 bridgehead atoms. The maximum atomic E-state index is 5.74. The number of rotatable bonds is 4. The molecular formula is C12H20BrN5. The molecular weight excluding hydrogens is 294 g/mol. The van der Waals surface area contributed by atoms with Crippen LogP contribution in [0.5, 0.6) is 0 Å². The van der Waals surface area contributed by atoms with E-state index in [2.05, 4.69) is 43.0 Å². The molecule has 6 heteroatoms. The Kier molecular flexibility index (Phi) is 4.77.